The number of esters is 1. The van der Waals surface area contributed by atoms with Crippen LogP contribution >= 0.6 is 0 Å². The molecule has 11 heteroatoms. The van der Waals surface area contributed by atoms with Crippen molar-refractivity contribution in [3.63, 3.8) is 0 Å². The summed E-state index contributed by atoms with van der Waals surface area (Å²) in [6.45, 7) is 19.7. The van der Waals surface area contributed by atoms with Crippen molar-refractivity contribution in [2.24, 2.45) is 17.8 Å². The summed E-state index contributed by atoms with van der Waals surface area (Å²) >= 11 is 0. The summed E-state index contributed by atoms with van der Waals surface area (Å²) in [5.74, 6) is 0.450. The first kappa shape index (κ1) is 46.9. The number of rotatable bonds is 16. The Kier molecular flexibility index (Phi) is 26.2. The number of hydrogen-bond donors (Lipinski definition) is 2. The zero-order valence-corrected chi connectivity index (χ0v) is 29.5. The third kappa shape index (κ3) is 24.8. The largest absolute Gasteiger partial charge is 0.469 e. The Labute approximate surface area is 274 Å². The second kappa shape index (κ2) is 25.7. The maximum Gasteiger partial charge on any atom is 0.412 e. The van der Waals surface area contributed by atoms with E-state index in [0.717, 1.165) is 32.1 Å². The molecule has 2 N–H and O–H groups in total. The summed E-state index contributed by atoms with van der Waals surface area (Å²) in [4.78, 5) is 44.8. The van der Waals surface area contributed by atoms with E-state index in [1.165, 1.54) is 25.3 Å². The molecule has 0 heterocycles. The van der Waals surface area contributed by atoms with Gasteiger partial charge >= 0.3 is 18.2 Å². The molecule has 4 atom stereocenters. The maximum atomic E-state index is 12.4. The molecule has 0 spiro atoms. The van der Waals surface area contributed by atoms with E-state index in [2.05, 4.69) is 38.0 Å². The minimum absolute atomic E-state index is 0.00782. The molecule has 1 amide bonds. The number of carbonyl (C=O) groups excluding carboxylic acids is 4. The van der Waals surface area contributed by atoms with Gasteiger partial charge < -0.3 is 24.9 Å². The van der Waals surface area contributed by atoms with Gasteiger partial charge in [0.2, 0.25) is 0 Å². The fourth-order valence-corrected chi connectivity index (χ4v) is 3.80. The van der Waals surface area contributed by atoms with Crippen LogP contribution in [0.25, 0.3) is 0 Å². The van der Waals surface area contributed by atoms with Crippen LogP contribution in [-0.2, 0) is 23.9 Å². The molecule has 0 aliphatic heterocycles. The van der Waals surface area contributed by atoms with E-state index in [-0.39, 0.29) is 24.3 Å². The molecule has 0 bridgehead atoms. The fourth-order valence-electron chi connectivity index (χ4n) is 3.80. The predicted octanol–water partition coefficient (Wildman–Crippen LogP) is 7.86. The summed E-state index contributed by atoms with van der Waals surface area (Å²) < 4.78 is 47.2. The molecule has 0 radical (unpaired) electrons. The number of ether oxygens (including phenoxy) is 2. The van der Waals surface area contributed by atoms with Gasteiger partial charge in [-0.25, -0.2) is 4.79 Å². The van der Waals surface area contributed by atoms with Crippen LogP contribution in [0.15, 0.2) is 60.3 Å². The lowest BCUT2D eigenvalue weighted by Crippen LogP contribution is -2.40. The number of allylic oxidation sites excluding steroid dienone is 8. The second-order valence-electron chi connectivity index (χ2n) is 11.7. The number of amides is 1. The van der Waals surface area contributed by atoms with Gasteiger partial charge in [-0.05, 0) is 77.5 Å². The summed E-state index contributed by atoms with van der Waals surface area (Å²) in [5, 5.41) is 5.59. The number of methoxy groups -OCH3 is 1. The SMILES string of the molecule is C=C/C(=C\C=C(/C)C(F)(F)F)CC(C=O)NC(=O)OC(C)(C)C.CC.CN[C@H](CC(C)/C=C\C=C/C=O)C(CC(C)C)C(=O)OC. The average Bonchev–Trinajstić information content (AvgIpc) is 2.97. The molecule has 8 nitrogen and oxygen atoms in total. The standard InChI is InChI=1S/C17H29NO3.C16H22F3NO3.C2H6/c1-13(2)11-15(17(20)21-5)16(18-4)12-14(3)9-7-6-8-10-19;1-6-12(8-7-11(2)16(17,18)19)9-13(10-21)20-14(22)23-15(3,4)5;1-2/h6-10,13-16,18H,11-12H2,1-5H3;6-8,10,13H,1,9H2,2-5H3,(H,20,22);1-2H3/b8-6-,9-7-;11-7+,12-8+;/t14?,15?,16-;;/m1../s1. The minimum Gasteiger partial charge on any atom is -0.469 e. The Morgan fingerprint density at radius 3 is 1.96 bits per heavy atom. The van der Waals surface area contributed by atoms with Gasteiger partial charge in [0.25, 0.3) is 0 Å². The molecule has 0 rings (SSSR count). The summed E-state index contributed by atoms with van der Waals surface area (Å²) in [6, 6.07) is -0.844. The molecule has 0 aliphatic carbocycles. The monoisotopic (exact) mass is 658 g/mol. The number of alkyl carbamates (subject to hydrolysis) is 1. The van der Waals surface area contributed by atoms with E-state index in [4.69, 9.17) is 9.47 Å². The number of nitrogens with one attached hydrogen (secondary N) is 2. The molecule has 0 aliphatic rings. The van der Waals surface area contributed by atoms with Crippen molar-refractivity contribution in [1.82, 2.24) is 10.6 Å². The molecule has 0 aromatic heterocycles. The lowest BCUT2D eigenvalue weighted by atomic mass is 9.85. The lowest BCUT2D eigenvalue weighted by molar-refractivity contribution is -0.147. The van der Waals surface area contributed by atoms with Gasteiger partial charge in [-0.1, -0.05) is 77.7 Å². The molecular formula is C35H57F3N2O6. The lowest BCUT2D eigenvalue weighted by Gasteiger charge is -2.27. The predicted molar refractivity (Wildman–Crippen MR) is 179 cm³/mol. The van der Waals surface area contributed by atoms with E-state index in [9.17, 15) is 32.3 Å². The van der Waals surface area contributed by atoms with Crippen LogP contribution in [-0.4, -0.2) is 62.7 Å². The Hall–Kier alpha value is -3.47. The fraction of sp³-hybridized carbons (Fsp3) is 0.600. The second-order valence-corrected chi connectivity index (χ2v) is 11.7. The Bertz CT molecular complexity index is 1020. The Morgan fingerprint density at radius 2 is 1.54 bits per heavy atom. The molecule has 0 fully saturated rings. The van der Waals surface area contributed by atoms with E-state index >= 15 is 0 Å². The van der Waals surface area contributed by atoms with Crippen molar-refractivity contribution in [3.05, 3.63) is 60.3 Å². The van der Waals surface area contributed by atoms with Crippen molar-refractivity contribution in [2.45, 2.75) is 105 Å². The van der Waals surface area contributed by atoms with Crippen LogP contribution in [0.5, 0.6) is 0 Å². The van der Waals surface area contributed by atoms with Gasteiger partial charge in [0.05, 0.1) is 19.1 Å². The summed E-state index contributed by atoms with van der Waals surface area (Å²) in [5.41, 5.74) is -1.12. The Morgan fingerprint density at radius 1 is 0.957 bits per heavy atom. The number of carbonyl (C=O) groups is 4. The smallest absolute Gasteiger partial charge is 0.412 e. The van der Waals surface area contributed by atoms with Gasteiger partial charge in [0, 0.05) is 11.6 Å². The zero-order valence-electron chi connectivity index (χ0n) is 29.5. The normalized spacial score (nSPS) is 15.0. The van der Waals surface area contributed by atoms with E-state index in [1.807, 2.05) is 33.0 Å². The number of alkyl halides is 3. The van der Waals surface area contributed by atoms with Crippen molar-refractivity contribution in [2.75, 3.05) is 14.2 Å². The highest BCUT2D eigenvalue weighted by Crippen LogP contribution is 2.25. The third-order valence-electron chi connectivity index (χ3n) is 6.03. The first-order valence-corrected chi connectivity index (χ1v) is 15.4. The minimum atomic E-state index is -4.42. The van der Waals surface area contributed by atoms with Crippen LogP contribution in [0.4, 0.5) is 18.0 Å². The highest BCUT2D eigenvalue weighted by Gasteiger charge is 2.30. The van der Waals surface area contributed by atoms with E-state index in [0.29, 0.717) is 23.7 Å². The average molecular weight is 659 g/mol. The number of hydrogen-bond acceptors (Lipinski definition) is 7. The molecule has 0 aromatic carbocycles. The highest BCUT2D eigenvalue weighted by molar-refractivity contribution is 5.74. The van der Waals surface area contributed by atoms with Crippen molar-refractivity contribution in [1.29, 1.82) is 0 Å². The molecular weight excluding hydrogens is 601 g/mol. The molecule has 0 saturated carbocycles. The van der Waals surface area contributed by atoms with Crippen molar-refractivity contribution < 1.29 is 41.8 Å². The maximum absolute atomic E-state index is 12.4. The molecule has 3 unspecified atom stereocenters. The van der Waals surface area contributed by atoms with Crippen LogP contribution in [0.1, 0.15) is 81.6 Å². The van der Waals surface area contributed by atoms with Crippen molar-refractivity contribution >= 4 is 24.6 Å². The van der Waals surface area contributed by atoms with Gasteiger partial charge in [0.15, 0.2) is 0 Å². The summed E-state index contributed by atoms with van der Waals surface area (Å²) in [6.07, 6.45) is 8.20. The highest BCUT2D eigenvalue weighted by atomic mass is 19.4. The topological polar surface area (TPSA) is 111 Å². The molecule has 0 aromatic rings. The van der Waals surface area contributed by atoms with Crippen LogP contribution in [0, 0.1) is 17.8 Å². The van der Waals surface area contributed by atoms with Crippen LogP contribution in [0.3, 0.4) is 0 Å². The molecule has 264 valence electrons. The number of halogens is 3. The summed E-state index contributed by atoms with van der Waals surface area (Å²) in [7, 11) is 3.32. The van der Waals surface area contributed by atoms with Gasteiger partial charge in [-0.3, -0.25) is 9.59 Å². The Balaban J connectivity index is -0.000000765. The third-order valence-corrected chi connectivity index (χ3v) is 6.03. The first-order valence-electron chi connectivity index (χ1n) is 15.4. The van der Waals surface area contributed by atoms with Gasteiger partial charge in [-0.2, -0.15) is 13.2 Å². The molecule has 0 saturated heterocycles. The van der Waals surface area contributed by atoms with E-state index in [1.54, 1.807) is 26.8 Å². The van der Waals surface area contributed by atoms with Crippen molar-refractivity contribution in [3.8, 4) is 0 Å². The van der Waals surface area contributed by atoms with E-state index < -0.39 is 29.5 Å². The van der Waals surface area contributed by atoms with Crippen LogP contribution < -0.4 is 10.6 Å². The van der Waals surface area contributed by atoms with Crippen LogP contribution in [0.2, 0.25) is 0 Å². The van der Waals surface area contributed by atoms with Gasteiger partial charge in [0.1, 0.15) is 18.2 Å². The molecule has 46 heavy (non-hydrogen) atoms. The number of aldehydes is 2. The van der Waals surface area contributed by atoms with Gasteiger partial charge in [-0.15, -0.1) is 0 Å². The quantitative estimate of drug-likeness (QED) is 0.0752. The first-order chi connectivity index (χ1) is 21.3. The zero-order chi connectivity index (χ0) is 36.5.